The Morgan fingerprint density at radius 2 is 2.16 bits per heavy atom. The van der Waals surface area contributed by atoms with E-state index >= 15 is 0 Å². The first-order chi connectivity index (χ1) is 9.29. The fraction of sp³-hybridized carbons (Fsp3) is 0.615. The molecule has 1 aliphatic rings. The van der Waals surface area contributed by atoms with Crippen LogP contribution in [-0.2, 0) is 10.5 Å². The molecule has 0 unspecified atom stereocenters. The molecule has 1 saturated heterocycles. The molecule has 1 amide bonds. The Morgan fingerprint density at radius 3 is 2.79 bits per heavy atom. The molecule has 1 aromatic heterocycles. The highest BCUT2D eigenvalue weighted by molar-refractivity contribution is 7.99. The molecule has 1 fully saturated rings. The third kappa shape index (κ3) is 4.80. The average Bonchev–Trinajstić information content (AvgIpc) is 2.93. The number of thioether (sulfide) groups is 1. The van der Waals surface area contributed by atoms with Crippen molar-refractivity contribution in [3.63, 3.8) is 0 Å². The van der Waals surface area contributed by atoms with Crippen molar-refractivity contribution in [2.45, 2.75) is 5.75 Å². The summed E-state index contributed by atoms with van der Waals surface area (Å²) in [6, 6.07) is 4.15. The first-order valence-electron chi connectivity index (χ1n) is 6.50. The van der Waals surface area contributed by atoms with E-state index < -0.39 is 0 Å². The molecule has 106 valence electrons. The molecule has 1 aromatic rings. The van der Waals surface area contributed by atoms with Crippen molar-refractivity contribution in [2.75, 3.05) is 45.1 Å². The van der Waals surface area contributed by atoms with Crippen molar-refractivity contribution < 1.29 is 9.90 Å². The number of carbonyl (C=O) groups excluding carboxylic acids is 1. The predicted octanol–water partition coefficient (Wildman–Crippen LogP) is 1.12. The molecular weight excluding hydrogens is 280 g/mol. The maximum atomic E-state index is 12.0. The molecule has 4 nitrogen and oxygen atoms in total. The smallest absolute Gasteiger partial charge is 0.232 e. The number of carbonyl (C=O) groups is 1. The topological polar surface area (TPSA) is 43.8 Å². The van der Waals surface area contributed by atoms with Gasteiger partial charge >= 0.3 is 0 Å². The number of β-amino-alcohol motifs (C(OH)–C–C–N with tert-alkyl or cyclic N) is 1. The molecule has 0 saturated carbocycles. The van der Waals surface area contributed by atoms with Crippen molar-refractivity contribution in [1.82, 2.24) is 9.80 Å². The number of hydrogen-bond acceptors (Lipinski definition) is 5. The van der Waals surface area contributed by atoms with Gasteiger partial charge in [-0.05, 0) is 11.4 Å². The number of hydrogen-bond donors (Lipinski definition) is 1. The van der Waals surface area contributed by atoms with Gasteiger partial charge in [0, 0.05) is 43.4 Å². The minimum atomic E-state index is 0.199. The standard InChI is InChI=1S/C13H20N2O2S2/c16-8-7-14-3-5-15(6-4-14)13(17)11-18-10-12-2-1-9-19-12/h1-2,9,16H,3-8,10-11H2. The Labute approximate surface area is 122 Å². The second-order valence-electron chi connectivity index (χ2n) is 4.52. The van der Waals surface area contributed by atoms with Gasteiger partial charge in [0.05, 0.1) is 12.4 Å². The largest absolute Gasteiger partial charge is 0.395 e. The maximum Gasteiger partial charge on any atom is 0.232 e. The number of rotatable bonds is 6. The van der Waals surface area contributed by atoms with Gasteiger partial charge in [-0.15, -0.1) is 23.1 Å². The van der Waals surface area contributed by atoms with E-state index in [1.807, 2.05) is 11.0 Å². The first-order valence-corrected chi connectivity index (χ1v) is 8.54. The molecule has 0 aromatic carbocycles. The fourth-order valence-corrected chi connectivity index (χ4v) is 3.86. The zero-order chi connectivity index (χ0) is 13.5. The van der Waals surface area contributed by atoms with Gasteiger partial charge in [-0.3, -0.25) is 9.69 Å². The second-order valence-corrected chi connectivity index (χ2v) is 6.54. The highest BCUT2D eigenvalue weighted by Crippen LogP contribution is 2.17. The SMILES string of the molecule is O=C(CSCc1cccs1)N1CCN(CCO)CC1. The number of piperazine rings is 1. The minimum Gasteiger partial charge on any atom is -0.395 e. The molecule has 1 N–H and O–H groups in total. The van der Waals surface area contributed by atoms with E-state index in [9.17, 15) is 4.79 Å². The maximum absolute atomic E-state index is 12.0. The van der Waals surface area contributed by atoms with Crippen LogP contribution in [0.2, 0.25) is 0 Å². The van der Waals surface area contributed by atoms with Crippen molar-refractivity contribution >= 4 is 29.0 Å². The summed E-state index contributed by atoms with van der Waals surface area (Å²) < 4.78 is 0. The highest BCUT2D eigenvalue weighted by atomic mass is 32.2. The lowest BCUT2D eigenvalue weighted by Gasteiger charge is -2.34. The summed E-state index contributed by atoms with van der Waals surface area (Å²) in [6.07, 6.45) is 0. The van der Waals surface area contributed by atoms with E-state index in [2.05, 4.69) is 16.3 Å². The van der Waals surface area contributed by atoms with E-state index in [-0.39, 0.29) is 12.5 Å². The summed E-state index contributed by atoms with van der Waals surface area (Å²) in [5.41, 5.74) is 0. The molecule has 0 spiro atoms. The molecular formula is C13H20N2O2S2. The van der Waals surface area contributed by atoms with Gasteiger partial charge in [0.15, 0.2) is 0 Å². The molecule has 6 heteroatoms. The third-order valence-corrected chi connectivity index (χ3v) is 5.22. The lowest BCUT2D eigenvalue weighted by molar-refractivity contribution is -0.130. The van der Waals surface area contributed by atoms with Crippen LogP contribution in [-0.4, -0.2) is 65.9 Å². The number of amides is 1. The Balaban J connectivity index is 1.64. The molecule has 2 heterocycles. The van der Waals surface area contributed by atoms with E-state index in [1.54, 1.807) is 23.1 Å². The molecule has 0 bridgehead atoms. The van der Waals surface area contributed by atoms with Crippen LogP contribution in [0.1, 0.15) is 4.88 Å². The van der Waals surface area contributed by atoms with Crippen LogP contribution in [0.15, 0.2) is 17.5 Å². The third-order valence-electron chi connectivity index (χ3n) is 3.19. The quantitative estimate of drug-likeness (QED) is 0.855. The number of aliphatic hydroxyl groups is 1. The number of aliphatic hydroxyl groups excluding tert-OH is 1. The summed E-state index contributed by atoms with van der Waals surface area (Å²) in [5.74, 6) is 1.73. The van der Waals surface area contributed by atoms with E-state index in [0.717, 1.165) is 38.5 Å². The summed E-state index contributed by atoms with van der Waals surface area (Å²) >= 11 is 3.43. The summed E-state index contributed by atoms with van der Waals surface area (Å²) in [6.45, 7) is 4.25. The Hall–Kier alpha value is -0.560. The highest BCUT2D eigenvalue weighted by Gasteiger charge is 2.20. The van der Waals surface area contributed by atoms with Crippen molar-refractivity contribution in [3.8, 4) is 0 Å². The van der Waals surface area contributed by atoms with Gasteiger partial charge in [-0.25, -0.2) is 0 Å². The van der Waals surface area contributed by atoms with Crippen LogP contribution >= 0.6 is 23.1 Å². The van der Waals surface area contributed by atoms with Crippen molar-refractivity contribution in [1.29, 1.82) is 0 Å². The molecule has 1 aliphatic heterocycles. The van der Waals surface area contributed by atoms with Gasteiger partial charge in [-0.2, -0.15) is 0 Å². The molecule has 0 aliphatic carbocycles. The van der Waals surface area contributed by atoms with Crippen LogP contribution in [0.4, 0.5) is 0 Å². The number of nitrogens with zero attached hydrogens (tertiary/aromatic N) is 2. The second kappa shape index (κ2) is 7.89. The summed E-state index contributed by atoms with van der Waals surface area (Å²) in [7, 11) is 0. The van der Waals surface area contributed by atoms with Crippen LogP contribution in [0.5, 0.6) is 0 Å². The summed E-state index contributed by atoms with van der Waals surface area (Å²) in [4.78, 5) is 17.5. The zero-order valence-electron chi connectivity index (χ0n) is 11.0. The molecule has 0 radical (unpaired) electrons. The lowest BCUT2D eigenvalue weighted by Crippen LogP contribution is -2.49. The monoisotopic (exact) mass is 300 g/mol. The zero-order valence-corrected chi connectivity index (χ0v) is 12.6. The van der Waals surface area contributed by atoms with Gasteiger partial charge in [-0.1, -0.05) is 6.07 Å². The van der Waals surface area contributed by atoms with Crippen LogP contribution < -0.4 is 0 Å². The van der Waals surface area contributed by atoms with Crippen molar-refractivity contribution in [2.24, 2.45) is 0 Å². The van der Waals surface area contributed by atoms with Gasteiger partial charge in [0.2, 0.25) is 5.91 Å². The normalized spacial score (nSPS) is 16.8. The van der Waals surface area contributed by atoms with Gasteiger partial charge in [0.1, 0.15) is 0 Å². The summed E-state index contributed by atoms with van der Waals surface area (Å²) in [5, 5.41) is 10.9. The average molecular weight is 300 g/mol. The Morgan fingerprint density at radius 1 is 1.37 bits per heavy atom. The molecule has 2 rings (SSSR count). The molecule has 19 heavy (non-hydrogen) atoms. The predicted molar refractivity (Wildman–Crippen MR) is 80.6 cm³/mol. The van der Waals surface area contributed by atoms with E-state index in [1.165, 1.54) is 4.88 Å². The number of thiophene rings is 1. The van der Waals surface area contributed by atoms with Gasteiger partial charge in [0.25, 0.3) is 0 Å². The minimum absolute atomic E-state index is 0.199. The Bertz CT molecular complexity index is 376. The fourth-order valence-electron chi connectivity index (χ4n) is 2.09. The van der Waals surface area contributed by atoms with E-state index in [4.69, 9.17) is 5.11 Å². The van der Waals surface area contributed by atoms with Gasteiger partial charge < -0.3 is 10.0 Å². The Kier molecular flexibility index (Phi) is 6.16. The van der Waals surface area contributed by atoms with E-state index in [0.29, 0.717) is 5.75 Å². The first kappa shape index (κ1) is 14.8. The van der Waals surface area contributed by atoms with Crippen molar-refractivity contribution in [3.05, 3.63) is 22.4 Å². The molecule has 0 atom stereocenters. The lowest BCUT2D eigenvalue weighted by atomic mass is 10.3. The van der Waals surface area contributed by atoms with Crippen LogP contribution in [0.25, 0.3) is 0 Å². The van der Waals surface area contributed by atoms with Crippen LogP contribution in [0.3, 0.4) is 0 Å². The van der Waals surface area contributed by atoms with Crippen LogP contribution in [0, 0.1) is 0 Å².